The fourth-order valence-electron chi connectivity index (χ4n) is 3.31. The summed E-state index contributed by atoms with van der Waals surface area (Å²) in [7, 11) is 0. The van der Waals surface area contributed by atoms with Crippen LogP contribution in [0.4, 0.5) is 0 Å². The van der Waals surface area contributed by atoms with Crippen LogP contribution in [0.15, 0.2) is 18.5 Å². The van der Waals surface area contributed by atoms with E-state index in [2.05, 4.69) is 15.5 Å². The Morgan fingerprint density at radius 2 is 2.12 bits per heavy atom. The van der Waals surface area contributed by atoms with Crippen LogP contribution in [-0.2, 0) is 11.3 Å². The highest BCUT2D eigenvalue weighted by atomic mass is 32.1. The lowest BCUT2D eigenvalue weighted by atomic mass is 10.2. The first-order valence-electron chi connectivity index (χ1n) is 9.03. The molecule has 1 saturated heterocycles. The number of carbonyl (C=O) groups excluding carboxylic acids is 2. The maximum atomic E-state index is 12.6. The summed E-state index contributed by atoms with van der Waals surface area (Å²) in [5, 5.41) is 11.0. The van der Waals surface area contributed by atoms with E-state index in [0.717, 1.165) is 29.1 Å². The zero-order valence-electron chi connectivity index (χ0n) is 15.2. The molecule has 3 rings (SSSR count). The van der Waals surface area contributed by atoms with E-state index in [0.29, 0.717) is 26.1 Å². The van der Waals surface area contributed by atoms with Gasteiger partial charge in [-0.2, -0.15) is 0 Å². The van der Waals surface area contributed by atoms with E-state index in [1.165, 1.54) is 17.7 Å². The third-order valence-corrected chi connectivity index (χ3v) is 5.91. The molecule has 0 aliphatic carbocycles. The number of amides is 2. The number of nitrogens with zero attached hydrogens (tertiary/aromatic N) is 6. The number of likely N-dealkylation sites (tertiary alicyclic amines) is 1. The summed E-state index contributed by atoms with van der Waals surface area (Å²) in [6.45, 7) is 6.61. The molecule has 2 aromatic rings. The van der Waals surface area contributed by atoms with Gasteiger partial charge in [0.1, 0.15) is 6.33 Å². The van der Waals surface area contributed by atoms with Crippen LogP contribution in [0.1, 0.15) is 53.7 Å². The molecule has 0 radical (unpaired) electrons. The van der Waals surface area contributed by atoms with Gasteiger partial charge in [-0.15, -0.1) is 16.4 Å². The van der Waals surface area contributed by atoms with Gasteiger partial charge in [0.2, 0.25) is 5.91 Å². The molecule has 9 heteroatoms. The van der Waals surface area contributed by atoms with Crippen LogP contribution in [0.25, 0.3) is 0 Å². The molecule has 8 nitrogen and oxygen atoms in total. The van der Waals surface area contributed by atoms with Gasteiger partial charge >= 0.3 is 0 Å². The van der Waals surface area contributed by atoms with Gasteiger partial charge in [0, 0.05) is 30.9 Å². The largest absolute Gasteiger partial charge is 0.339 e. The van der Waals surface area contributed by atoms with Crippen molar-refractivity contribution in [1.29, 1.82) is 0 Å². The molecule has 26 heavy (non-hydrogen) atoms. The number of rotatable bonds is 7. The molecule has 2 amide bonds. The highest BCUT2D eigenvalue weighted by molar-refractivity contribution is 7.14. The number of hydrogen-bond acceptors (Lipinski definition) is 6. The predicted molar refractivity (Wildman–Crippen MR) is 97.7 cm³/mol. The van der Waals surface area contributed by atoms with Crippen molar-refractivity contribution in [3.63, 3.8) is 0 Å². The molecule has 0 N–H and O–H groups in total. The van der Waals surface area contributed by atoms with Crippen molar-refractivity contribution in [2.75, 3.05) is 19.6 Å². The second kappa shape index (κ2) is 8.39. The summed E-state index contributed by atoms with van der Waals surface area (Å²) in [5.41, 5.74) is 0. The van der Waals surface area contributed by atoms with E-state index in [9.17, 15) is 9.59 Å². The Balaban J connectivity index is 1.66. The molecule has 3 heterocycles. The molecule has 0 bridgehead atoms. The van der Waals surface area contributed by atoms with Gasteiger partial charge < -0.3 is 9.80 Å². The average Bonchev–Trinajstić information content (AvgIpc) is 3.41. The number of aryl methyl sites for hydroxylation is 1. The molecule has 0 saturated carbocycles. The zero-order valence-corrected chi connectivity index (χ0v) is 16.0. The summed E-state index contributed by atoms with van der Waals surface area (Å²) in [6.07, 6.45) is 3.81. The molecule has 1 aliphatic rings. The first kappa shape index (κ1) is 18.5. The van der Waals surface area contributed by atoms with E-state index in [1.807, 2.05) is 35.8 Å². The zero-order chi connectivity index (χ0) is 18.5. The first-order valence-corrected chi connectivity index (χ1v) is 9.85. The normalized spacial score (nSPS) is 16.8. The fraction of sp³-hybridized carbons (Fsp3) is 0.588. The van der Waals surface area contributed by atoms with Crippen molar-refractivity contribution < 1.29 is 9.59 Å². The molecule has 0 unspecified atom stereocenters. The van der Waals surface area contributed by atoms with E-state index in [4.69, 9.17) is 0 Å². The van der Waals surface area contributed by atoms with Crippen molar-refractivity contribution in [2.24, 2.45) is 0 Å². The number of carbonyl (C=O) groups is 2. The van der Waals surface area contributed by atoms with E-state index >= 15 is 0 Å². The lowest BCUT2D eigenvalue weighted by Crippen LogP contribution is -2.31. The molecule has 0 aromatic carbocycles. The van der Waals surface area contributed by atoms with Crippen LogP contribution >= 0.6 is 11.3 Å². The Labute approximate surface area is 156 Å². The van der Waals surface area contributed by atoms with Crippen molar-refractivity contribution in [3.8, 4) is 0 Å². The molecular formula is C17H24N6O2S. The topological polar surface area (TPSA) is 84.2 Å². The Morgan fingerprint density at radius 1 is 1.31 bits per heavy atom. The highest BCUT2D eigenvalue weighted by Crippen LogP contribution is 2.36. The van der Waals surface area contributed by atoms with Crippen molar-refractivity contribution >= 4 is 23.2 Å². The van der Waals surface area contributed by atoms with Gasteiger partial charge in [0.15, 0.2) is 0 Å². The average molecular weight is 376 g/mol. The van der Waals surface area contributed by atoms with Crippen LogP contribution in [-0.4, -0.2) is 61.5 Å². The number of tetrazole rings is 1. The van der Waals surface area contributed by atoms with Gasteiger partial charge in [0.25, 0.3) is 5.91 Å². The molecular weight excluding hydrogens is 352 g/mol. The fourth-order valence-corrected chi connectivity index (χ4v) is 4.43. The highest BCUT2D eigenvalue weighted by Gasteiger charge is 2.31. The standard InChI is InChI=1S/C17H24N6O2S/c1-3-21(4-2)17(25)15-8-7-14(26-15)13-6-5-10-23(13)16(24)9-11-22-12-18-19-20-22/h7-8,12-13H,3-6,9-11H2,1-2H3/t13-/m1/s1. The smallest absolute Gasteiger partial charge is 0.263 e. The molecule has 1 atom stereocenters. The molecule has 1 aliphatic heterocycles. The Hall–Kier alpha value is -2.29. The van der Waals surface area contributed by atoms with Gasteiger partial charge in [-0.1, -0.05) is 0 Å². The second-order valence-corrected chi connectivity index (χ2v) is 7.36. The number of thiophene rings is 1. The van der Waals surface area contributed by atoms with E-state index in [1.54, 1.807) is 4.68 Å². The van der Waals surface area contributed by atoms with E-state index < -0.39 is 0 Å². The van der Waals surface area contributed by atoms with Crippen LogP contribution in [0.2, 0.25) is 0 Å². The second-order valence-electron chi connectivity index (χ2n) is 6.25. The summed E-state index contributed by atoms with van der Waals surface area (Å²) in [5.74, 6) is 0.175. The Morgan fingerprint density at radius 3 is 2.81 bits per heavy atom. The maximum Gasteiger partial charge on any atom is 0.263 e. The Bertz CT molecular complexity index is 740. The lowest BCUT2D eigenvalue weighted by Gasteiger charge is -2.24. The summed E-state index contributed by atoms with van der Waals surface area (Å²) >= 11 is 1.51. The predicted octanol–water partition coefficient (Wildman–Crippen LogP) is 1.97. The summed E-state index contributed by atoms with van der Waals surface area (Å²) in [4.78, 5) is 30.7. The summed E-state index contributed by atoms with van der Waals surface area (Å²) in [6, 6.07) is 3.96. The van der Waals surface area contributed by atoms with Crippen molar-refractivity contribution in [3.05, 3.63) is 28.2 Å². The van der Waals surface area contributed by atoms with Crippen LogP contribution in [0, 0.1) is 0 Å². The van der Waals surface area contributed by atoms with Crippen LogP contribution < -0.4 is 0 Å². The van der Waals surface area contributed by atoms with Gasteiger partial charge in [-0.05, 0) is 49.2 Å². The van der Waals surface area contributed by atoms with Crippen LogP contribution in [0.3, 0.4) is 0 Å². The molecule has 2 aromatic heterocycles. The third-order valence-electron chi connectivity index (χ3n) is 4.74. The monoisotopic (exact) mass is 376 g/mol. The van der Waals surface area contributed by atoms with Crippen LogP contribution in [0.5, 0.6) is 0 Å². The number of aromatic nitrogens is 4. The lowest BCUT2D eigenvalue weighted by molar-refractivity contribution is -0.132. The third kappa shape index (κ3) is 3.92. The van der Waals surface area contributed by atoms with Crippen molar-refractivity contribution in [2.45, 2.75) is 45.7 Å². The van der Waals surface area contributed by atoms with Gasteiger partial charge in [0.05, 0.1) is 17.5 Å². The molecule has 1 fully saturated rings. The quantitative estimate of drug-likeness (QED) is 0.738. The van der Waals surface area contributed by atoms with Gasteiger partial charge in [-0.3, -0.25) is 9.59 Å². The minimum absolute atomic E-state index is 0.0691. The SMILES string of the molecule is CCN(CC)C(=O)c1ccc([C@H]2CCCN2C(=O)CCn2cnnn2)s1. The minimum Gasteiger partial charge on any atom is -0.339 e. The first-order chi connectivity index (χ1) is 12.6. The molecule has 140 valence electrons. The van der Waals surface area contributed by atoms with Crippen molar-refractivity contribution in [1.82, 2.24) is 30.0 Å². The molecule has 0 spiro atoms. The Kier molecular flexibility index (Phi) is 5.97. The number of hydrogen-bond donors (Lipinski definition) is 0. The summed E-state index contributed by atoms with van der Waals surface area (Å²) < 4.78 is 1.56. The minimum atomic E-state index is 0.0691. The van der Waals surface area contributed by atoms with Gasteiger partial charge in [-0.25, -0.2) is 4.68 Å². The van der Waals surface area contributed by atoms with E-state index in [-0.39, 0.29) is 17.9 Å². The maximum absolute atomic E-state index is 12.6.